The van der Waals surface area contributed by atoms with Crippen LogP contribution in [0.5, 0.6) is 0 Å². The van der Waals surface area contributed by atoms with E-state index < -0.39 is 5.60 Å². The number of fused-ring (bicyclic) bond motifs is 4. The number of hydrogen-bond acceptors (Lipinski definition) is 4. The first-order chi connectivity index (χ1) is 18.8. The van der Waals surface area contributed by atoms with Crippen LogP contribution in [-0.4, -0.2) is 28.2 Å². The molecular formula is C35H37NO3. The number of allylic oxidation sites excluding steroid dienone is 1. The zero-order valence-corrected chi connectivity index (χ0v) is 22.7. The van der Waals surface area contributed by atoms with Crippen molar-refractivity contribution in [3.63, 3.8) is 0 Å². The fourth-order valence-corrected chi connectivity index (χ4v) is 10.1. The highest BCUT2D eigenvalue weighted by molar-refractivity contribution is 5.91. The number of carbonyl (C=O) groups excluding carboxylic acids is 1. The molecule has 200 valence electrons. The normalized spacial score (nSPS) is 38.3. The van der Waals surface area contributed by atoms with Gasteiger partial charge in [-0.2, -0.15) is 5.26 Å². The Bertz CT molecular complexity index is 1450. The van der Waals surface area contributed by atoms with E-state index in [9.17, 15) is 20.3 Å². The molecule has 7 rings (SSSR count). The van der Waals surface area contributed by atoms with E-state index in [-0.39, 0.29) is 23.2 Å². The van der Waals surface area contributed by atoms with Gasteiger partial charge in [-0.15, -0.1) is 0 Å². The smallest absolute Gasteiger partial charge is 0.155 e. The summed E-state index contributed by atoms with van der Waals surface area (Å²) >= 11 is 0. The Morgan fingerprint density at radius 1 is 1.08 bits per heavy atom. The van der Waals surface area contributed by atoms with E-state index in [1.165, 1.54) is 22.3 Å². The average molecular weight is 520 g/mol. The number of ketones is 1. The first kappa shape index (κ1) is 25.0. The molecule has 5 aliphatic rings. The predicted molar refractivity (Wildman–Crippen MR) is 151 cm³/mol. The maximum atomic E-state index is 12.6. The fraction of sp³-hybridized carbons (Fsp3) is 0.486. The average Bonchev–Trinajstić information content (AvgIpc) is 3.22. The summed E-state index contributed by atoms with van der Waals surface area (Å²) in [6.07, 6.45) is 13.0. The summed E-state index contributed by atoms with van der Waals surface area (Å²) < 4.78 is 0. The first-order valence-electron chi connectivity index (χ1n) is 14.7. The Hall–Kier alpha value is -3.00. The van der Waals surface area contributed by atoms with Gasteiger partial charge in [0.1, 0.15) is 0 Å². The molecule has 4 heteroatoms. The lowest BCUT2D eigenvalue weighted by atomic mass is 9.39. The minimum absolute atomic E-state index is 0.0285. The lowest BCUT2D eigenvalue weighted by molar-refractivity contribution is -0.128. The second-order valence-electron chi connectivity index (χ2n) is 13.2. The fourth-order valence-electron chi connectivity index (χ4n) is 10.1. The van der Waals surface area contributed by atoms with Crippen LogP contribution in [0.25, 0.3) is 11.1 Å². The third-order valence-electron chi connectivity index (χ3n) is 11.8. The van der Waals surface area contributed by atoms with Crippen molar-refractivity contribution in [2.75, 3.05) is 6.61 Å². The van der Waals surface area contributed by atoms with Crippen LogP contribution in [0.15, 0.2) is 66.3 Å². The molecule has 7 atom stereocenters. The van der Waals surface area contributed by atoms with E-state index in [4.69, 9.17) is 0 Å². The lowest BCUT2D eigenvalue weighted by Crippen LogP contribution is -2.59. The highest BCUT2D eigenvalue weighted by Gasteiger charge is 2.67. The second-order valence-corrected chi connectivity index (χ2v) is 13.2. The molecule has 0 aliphatic heterocycles. The molecule has 2 N–H and O–H groups in total. The van der Waals surface area contributed by atoms with Crippen LogP contribution in [0.3, 0.4) is 0 Å². The monoisotopic (exact) mass is 519 g/mol. The number of aliphatic hydroxyl groups is 2. The standard InChI is InChI=1S/C35H37NO3/c1-33-20-30-28-9-7-24(23-5-3-22(21-36)4-6-23)17-25(28)19-34-14-11-27(38)18-26(34)8-10-29(32(30)34)31(33)12-15-35(33,39)13-2-16-37/h2-7,9,13,17-18,29-32,37,39H,8,10-12,14-16,19-20H2,1H3/b13-2-/t29-,30+,31-,32+,33-,34?,35-/m0/s1. The van der Waals surface area contributed by atoms with Crippen molar-refractivity contribution in [1.82, 2.24) is 0 Å². The Morgan fingerprint density at radius 3 is 2.64 bits per heavy atom. The van der Waals surface area contributed by atoms with Gasteiger partial charge in [-0.3, -0.25) is 4.79 Å². The molecule has 0 heterocycles. The van der Waals surface area contributed by atoms with Crippen molar-refractivity contribution in [3.8, 4) is 17.2 Å². The van der Waals surface area contributed by atoms with Gasteiger partial charge in [-0.05, 0) is 114 Å². The summed E-state index contributed by atoms with van der Waals surface area (Å²) in [6, 6.07) is 17.0. The van der Waals surface area contributed by atoms with Gasteiger partial charge in [0.15, 0.2) is 5.78 Å². The number of carbonyl (C=O) groups is 1. The zero-order valence-electron chi connectivity index (χ0n) is 22.7. The summed E-state index contributed by atoms with van der Waals surface area (Å²) in [7, 11) is 0. The third-order valence-corrected chi connectivity index (χ3v) is 11.8. The predicted octanol–water partition coefficient (Wildman–Crippen LogP) is 6.27. The van der Waals surface area contributed by atoms with Crippen molar-refractivity contribution in [3.05, 3.63) is 83.0 Å². The maximum absolute atomic E-state index is 12.6. The highest BCUT2D eigenvalue weighted by Crippen LogP contribution is 2.73. The van der Waals surface area contributed by atoms with Gasteiger partial charge in [-0.25, -0.2) is 0 Å². The van der Waals surface area contributed by atoms with E-state index in [1.807, 2.05) is 36.4 Å². The third kappa shape index (κ3) is 3.46. The molecule has 1 spiro atoms. The van der Waals surface area contributed by atoms with E-state index in [0.29, 0.717) is 35.7 Å². The molecule has 0 amide bonds. The Labute approximate surface area is 231 Å². The van der Waals surface area contributed by atoms with E-state index >= 15 is 0 Å². The zero-order chi connectivity index (χ0) is 27.0. The minimum Gasteiger partial charge on any atom is -0.392 e. The van der Waals surface area contributed by atoms with Gasteiger partial charge in [-0.1, -0.05) is 55.0 Å². The molecule has 0 bridgehead atoms. The van der Waals surface area contributed by atoms with Crippen LogP contribution in [0.1, 0.15) is 74.5 Å². The van der Waals surface area contributed by atoms with Crippen molar-refractivity contribution in [2.45, 2.75) is 69.8 Å². The maximum Gasteiger partial charge on any atom is 0.155 e. The number of nitrogens with zero attached hydrogens (tertiary/aromatic N) is 1. The Balaban J connectivity index is 1.38. The van der Waals surface area contributed by atoms with Crippen LogP contribution < -0.4 is 0 Å². The lowest BCUT2D eigenvalue weighted by Gasteiger charge is -2.65. The first-order valence-corrected chi connectivity index (χ1v) is 14.7. The number of benzene rings is 2. The molecule has 4 nitrogen and oxygen atoms in total. The topological polar surface area (TPSA) is 81.3 Å². The van der Waals surface area contributed by atoms with Crippen LogP contribution in [0.4, 0.5) is 0 Å². The molecular weight excluding hydrogens is 482 g/mol. The number of nitriles is 1. The van der Waals surface area contributed by atoms with Gasteiger partial charge in [0, 0.05) is 11.8 Å². The number of rotatable bonds is 3. The minimum atomic E-state index is -0.906. The largest absolute Gasteiger partial charge is 0.392 e. The summed E-state index contributed by atoms with van der Waals surface area (Å²) in [6.45, 7) is 2.26. The molecule has 0 saturated heterocycles. The van der Waals surface area contributed by atoms with Crippen molar-refractivity contribution < 1.29 is 15.0 Å². The summed E-state index contributed by atoms with van der Waals surface area (Å²) in [4.78, 5) is 12.6. The molecule has 0 aromatic heterocycles. The van der Waals surface area contributed by atoms with Crippen molar-refractivity contribution in [2.24, 2.45) is 28.6 Å². The van der Waals surface area contributed by atoms with Gasteiger partial charge in [0.25, 0.3) is 0 Å². The van der Waals surface area contributed by atoms with Crippen molar-refractivity contribution >= 4 is 5.78 Å². The molecule has 0 radical (unpaired) electrons. The molecule has 2 aromatic carbocycles. The number of hydrogen-bond donors (Lipinski definition) is 2. The van der Waals surface area contributed by atoms with Gasteiger partial charge in [0.2, 0.25) is 0 Å². The highest BCUT2D eigenvalue weighted by atomic mass is 16.3. The van der Waals surface area contributed by atoms with Crippen LogP contribution in [0.2, 0.25) is 0 Å². The Morgan fingerprint density at radius 2 is 1.87 bits per heavy atom. The molecule has 2 aromatic rings. The summed E-state index contributed by atoms with van der Waals surface area (Å²) in [5, 5.41) is 30.8. The summed E-state index contributed by atoms with van der Waals surface area (Å²) in [5.41, 5.74) is 6.01. The van der Waals surface area contributed by atoms with Crippen molar-refractivity contribution in [1.29, 1.82) is 5.26 Å². The van der Waals surface area contributed by atoms with Crippen LogP contribution in [0, 0.1) is 39.9 Å². The van der Waals surface area contributed by atoms with Gasteiger partial charge < -0.3 is 10.2 Å². The Kier molecular flexibility index (Phi) is 5.61. The molecule has 39 heavy (non-hydrogen) atoms. The van der Waals surface area contributed by atoms with E-state index in [2.05, 4.69) is 31.2 Å². The van der Waals surface area contributed by atoms with Gasteiger partial charge in [0.05, 0.1) is 23.8 Å². The molecule has 3 fully saturated rings. The SMILES string of the molecule is C[C@]12C[C@@H]3c4ccc(-c5ccc(C#N)cc5)cc4CC45CCC(=O)C=C4CC[C@H]([C@H]35)[C@@H]1CC[C@@]2(O)/C=C\CO. The van der Waals surface area contributed by atoms with E-state index in [1.54, 1.807) is 6.08 Å². The quantitative estimate of drug-likeness (QED) is 0.469. The number of aliphatic hydroxyl groups excluding tert-OH is 1. The molecule has 5 aliphatic carbocycles. The second kappa shape index (κ2) is 8.75. The van der Waals surface area contributed by atoms with E-state index in [0.717, 1.165) is 50.5 Å². The van der Waals surface area contributed by atoms with Gasteiger partial charge >= 0.3 is 0 Å². The molecule has 3 saturated carbocycles. The van der Waals surface area contributed by atoms with Crippen LogP contribution >= 0.6 is 0 Å². The molecule has 1 unspecified atom stereocenters. The van der Waals surface area contributed by atoms with Crippen LogP contribution in [-0.2, 0) is 11.2 Å². The summed E-state index contributed by atoms with van der Waals surface area (Å²) in [5.74, 6) is 2.09.